The highest BCUT2D eigenvalue weighted by atomic mass is 32.2. The third kappa shape index (κ3) is 2.99. The highest BCUT2D eigenvalue weighted by Gasteiger charge is 2.09. The molecule has 1 unspecified atom stereocenters. The molecule has 1 aromatic carbocycles. The van der Waals surface area contributed by atoms with Gasteiger partial charge in [0.05, 0.1) is 0 Å². The summed E-state index contributed by atoms with van der Waals surface area (Å²) < 4.78 is 2.17. The second-order valence-corrected chi connectivity index (χ2v) is 6.47. The van der Waals surface area contributed by atoms with E-state index in [1.165, 1.54) is 27.8 Å². The van der Waals surface area contributed by atoms with Crippen molar-refractivity contribution in [3.05, 3.63) is 47.5 Å². The van der Waals surface area contributed by atoms with Crippen molar-refractivity contribution < 1.29 is 0 Å². The first-order chi connectivity index (χ1) is 8.60. The van der Waals surface area contributed by atoms with E-state index in [1.54, 1.807) is 0 Å². The van der Waals surface area contributed by atoms with E-state index in [1.807, 2.05) is 11.8 Å². The second-order valence-electron chi connectivity index (χ2n) is 4.87. The van der Waals surface area contributed by atoms with E-state index < -0.39 is 0 Å². The molecular weight excluding hydrogens is 238 g/mol. The number of benzene rings is 1. The van der Waals surface area contributed by atoms with Gasteiger partial charge in [0.25, 0.3) is 0 Å². The summed E-state index contributed by atoms with van der Waals surface area (Å²) in [6.45, 7) is 8.34. The summed E-state index contributed by atoms with van der Waals surface area (Å²) in [4.78, 5) is 1.21. The molecular formula is C16H21NS. The Balaban J connectivity index is 2.17. The summed E-state index contributed by atoms with van der Waals surface area (Å²) >= 11 is 1.91. The van der Waals surface area contributed by atoms with Gasteiger partial charge in [0.15, 0.2) is 0 Å². The summed E-state index contributed by atoms with van der Waals surface area (Å²) in [5, 5.41) is 1.98. The number of rotatable bonds is 5. The lowest BCUT2D eigenvalue weighted by atomic mass is 10.1. The van der Waals surface area contributed by atoms with Crippen LogP contribution in [-0.2, 0) is 13.5 Å². The van der Waals surface area contributed by atoms with E-state index in [9.17, 15) is 0 Å². The highest BCUT2D eigenvalue weighted by molar-refractivity contribution is 8.03. The van der Waals surface area contributed by atoms with E-state index in [0.717, 1.165) is 6.42 Å². The number of aromatic nitrogens is 1. The first kappa shape index (κ1) is 13.3. The fourth-order valence-corrected chi connectivity index (χ4v) is 3.29. The Hall–Kier alpha value is -1.15. The number of fused-ring (bicyclic) bond motifs is 1. The molecule has 1 aromatic heterocycles. The molecule has 1 heterocycles. The van der Waals surface area contributed by atoms with Crippen LogP contribution < -0.4 is 0 Å². The molecule has 2 aromatic rings. The van der Waals surface area contributed by atoms with Crippen LogP contribution >= 0.6 is 11.8 Å². The molecule has 0 N–H and O–H groups in total. The molecule has 0 bridgehead atoms. The van der Waals surface area contributed by atoms with Crippen LogP contribution in [0.3, 0.4) is 0 Å². The maximum Gasteiger partial charge on any atom is 0.0477 e. The van der Waals surface area contributed by atoms with Gasteiger partial charge < -0.3 is 4.57 Å². The molecule has 18 heavy (non-hydrogen) atoms. The molecule has 0 aliphatic heterocycles. The normalized spacial score (nSPS) is 12.8. The molecule has 0 radical (unpaired) electrons. The van der Waals surface area contributed by atoms with E-state index >= 15 is 0 Å². The molecule has 0 amide bonds. The lowest BCUT2D eigenvalue weighted by molar-refractivity contribution is 0.818. The van der Waals surface area contributed by atoms with Crippen molar-refractivity contribution in [2.45, 2.75) is 31.9 Å². The minimum absolute atomic E-state index is 0.642. The topological polar surface area (TPSA) is 4.93 Å². The molecule has 0 spiro atoms. The molecule has 1 nitrogen and oxygen atoms in total. The number of thioether (sulfide) groups is 1. The molecule has 0 aliphatic carbocycles. The number of hydrogen-bond donors (Lipinski definition) is 0. The highest BCUT2D eigenvalue weighted by Crippen LogP contribution is 2.26. The molecule has 2 rings (SSSR count). The lowest BCUT2D eigenvalue weighted by Gasteiger charge is -2.14. The Labute approximate surface area is 114 Å². The molecule has 0 saturated carbocycles. The monoisotopic (exact) mass is 259 g/mol. The van der Waals surface area contributed by atoms with Crippen molar-refractivity contribution in [3.63, 3.8) is 0 Å². The zero-order chi connectivity index (χ0) is 13.1. The third-order valence-electron chi connectivity index (χ3n) is 3.24. The minimum atomic E-state index is 0.642. The number of nitrogens with zero attached hydrogens (tertiary/aromatic N) is 1. The van der Waals surface area contributed by atoms with Gasteiger partial charge in [0.2, 0.25) is 0 Å². The average molecular weight is 259 g/mol. The van der Waals surface area contributed by atoms with Crippen LogP contribution in [0.25, 0.3) is 10.9 Å². The van der Waals surface area contributed by atoms with E-state index in [-0.39, 0.29) is 0 Å². The standard InChI is InChI=1S/C16H21NS/c1-5-15(18-12(2)3)11-13-6-7-16-14(10-13)8-9-17(16)4/h6-10,15H,2,5,11H2,1,3-4H3. The fraction of sp³-hybridized carbons (Fsp3) is 0.375. The SMILES string of the molecule is C=C(C)SC(CC)Cc1ccc2c(ccn2C)c1. The zero-order valence-electron chi connectivity index (χ0n) is 11.4. The summed E-state index contributed by atoms with van der Waals surface area (Å²) in [6.07, 6.45) is 4.43. The Morgan fingerprint density at radius 1 is 1.39 bits per heavy atom. The summed E-state index contributed by atoms with van der Waals surface area (Å²) in [6, 6.07) is 8.98. The van der Waals surface area contributed by atoms with E-state index in [4.69, 9.17) is 0 Å². The van der Waals surface area contributed by atoms with Gasteiger partial charge in [-0.2, -0.15) is 0 Å². The van der Waals surface area contributed by atoms with Crippen LogP contribution in [0, 0.1) is 0 Å². The van der Waals surface area contributed by atoms with Gasteiger partial charge in [-0.25, -0.2) is 0 Å². The summed E-state index contributed by atoms with van der Waals surface area (Å²) in [7, 11) is 2.09. The van der Waals surface area contributed by atoms with Crippen molar-refractivity contribution in [2.75, 3.05) is 0 Å². The van der Waals surface area contributed by atoms with Gasteiger partial charge in [0, 0.05) is 24.0 Å². The Morgan fingerprint density at radius 3 is 2.83 bits per heavy atom. The van der Waals surface area contributed by atoms with E-state index in [0.29, 0.717) is 5.25 Å². The maximum absolute atomic E-state index is 4.00. The summed E-state index contributed by atoms with van der Waals surface area (Å²) in [5.74, 6) is 0. The fourth-order valence-electron chi connectivity index (χ4n) is 2.27. The molecule has 2 heteroatoms. The predicted octanol–water partition coefficient (Wildman–Crippen LogP) is 4.77. The van der Waals surface area contributed by atoms with Crippen molar-refractivity contribution in [3.8, 4) is 0 Å². The zero-order valence-corrected chi connectivity index (χ0v) is 12.3. The van der Waals surface area contributed by atoms with Crippen molar-refractivity contribution >= 4 is 22.7 Å². The van der Waals surface area contributed by atoms with Crippen molar-refractivity contribution in [2.24, 2.45) is 7.05 Å². The van der Waals surface area contributed by atoms with Gasteiger partial charge in [-0.1, -0.05) is 19.6 Å². The van der Waals surface area contributed by atoms with Crippen LogP contribution in [0.4, 0.5) is 0 Å². The van der Waals surface area contributed by atoms with Gasteiger partial charge >= 0.3 is 0 Å². The molecule has 1 atom stereocenters. The van der Waals surface area contributed by atoms with Crippen LogP contribution in [0.5, 0.6) is 0 Å². The summed E-state index contributed by atoms with van der Waals surface area (Å²) in [5.41, 5.74) is 2.73. The first-order valence-corrected chi connectivity index (χ1v) is 7.34. The second kappa shape index (κ2) is 5.66. The third-order valence-corrected chi connectivity index (χ3v) is 4.47. The van der Waals surface area contributed by atoms with Gasteiger partial charge in [-0.3, -0.25) is 0 Å². The van der Waals surface area contributed by atoms with Crippen molar-refractivity contribution in [1.29, 1.82) is 0 Å². The largest absolute Gasteiger partial charge is 0.351 e. The first-order valence-electron chi connectivity index (χ1n) is 6.46. The minimum Gasteiger partial charge on any atom is -0.351 e. The molecule has 0 saturated heterocycles. The lowest BCUT2D eigenvalue weighted by Crippen LogP contribution is -2.05. The van der Waals surface area contributed by atoms with Crippen LogP contribution in [-0.4, -0.2) is 9.82 Å². The Morgan fingerprint density at radius 2 is 2.17 bits per heavy atom. The van der Waals surface area contributed by atoms with Gasteiger partial charge in [-0.05, 0) is 53.8 Å². The number of allylic oxidation sites excluding steroid dienone is 1. The molecule has 96 valence electrons. The number of hydrogen-bond acceptors (Lipinski definition) is 1. The Kier molecular flexibility index (Phi) is 4.18. The molecule has 0 fully saturated rings. The maximum atomic E-state index is 4.00. The predicted molar refractivity (Wildman–Crippen MR) is 83.1 cm³/mol. The van der Waals surface area contributed by atoms with Crippen molar-refractivity contribution in [1.82, 2.24) is 4.57 Å². The van der Waals surface area contributed by atoms with Crippen LogP contribution in [0.1, 0.15) is 25.8 Å². The molecule has 0 aliphatic rings. The quantitative estimate of drug-likeness (QED) is 0.749. The van der Waals surface area contributed by atoms with Gasteiger partial charge in [0.1, 0.15) is 0 Å². The van der Waals surface area contributed by atoms with Crippen LogP contribution in [0.2, 0.25) is 0 Å². The van der Waals surface area contributed by atoms with E-state index in [2.05, 4.69) is 62.5 Å². The number of aryl methyl sites for hydroxylation is 1. The van der Waals surface area contributed by atoms with Gasteiger partial charge in [-0.15, -0.1) is 11.8 Å². The smallest absolute Gasteiger partial charge is 0.0477 e. The Bertz CT molecular complexity index is 553. The average Bonchev–Trinajstić information content (AvgIpc) is 2.69. The van der Waals surface area contributed by atoms with Crippen LogP contribution in [0.15, 0.2) is 41.9 Å².